The van der Waals surface area contributed by atoms with Crippen molar-refractivity contribution < 1.29 is 24.3 Å². The number of hydrogen-bond acceptors (Lipinski definition) is 7. The van der Waals surface area contributed by atoms with E-state index in [1.165, 1.54) is 6.92 Å². The van der Waals surface area contributed by atoms with Crippen LogP contribution in [0.5, 0.6) is 0 Å². The maximum atomic E-state index is 11.7. The average Bonchev–Trinajstić information content (AvgIpc) is 3.00. The molecule has 2 rings (SSSR count). The molecule has 0 bridgehead atoms. The van der Waals surface area contributed by atoms with E-state index in [-0.39, 0.29) is 12.4 Å². The van der Waals surface area contributed by atoms with Crippen molar-refractivity contribution in [3.8, 4) is 0 Å². The summed E-state index contributed by atoms with van der Waals surface area (Å²) in [5.74, 6) is -0.728. The maximum Gasteiger partial charge on any atom is 0.328 e. The van der Waals surface area contributed by atoms with Gasteiger partial charge in [-0.05, 0) is 19.8 Å². The number of urea groups is 1. The molecule has 1 aromatic heterocycles. The summed E-state index contributed by atoms with van der Waals surface area (Å²) >= 11 is 0. The number of aliphatic hydroxyl groups is 1. The van der Waals surface area contributed by atoms with Crippen molar-refractivity contribution in [1.29, 1.82) is 0 Å². The Bertz CT molecular complexity index is 582. The zero-order chi connectivity index (χ0) is 17.7. The van der Waals surface area contributed by atoms with Gasteiger partial charge in [-0.15, -0.1) is 0 Å². The maximum absolute atomic E-state index is 11.7. The Morgan fingerprint density at radius 2 is 2.04 bits per heavy atom. The smallest absolute Gasteiger partial charge is 0.328 e. The van der Waals surface area contributed by atoms with Crippen LogP contribution in [-0.2, 0) is 16.9 Å². The number of aromatic nitrogens is 2. The Morgan fingerprint density at radius 3 is 2.62 bits per heavy atom. The quantitative estimate of drug-likeness (QED) is 0.475. The number of nitrogens with two attached hydrogens (primary N) is 1. The van der Waals surface area contributed by atoms with Gasteiger partial charge in [0.15, 0.2) is 11.9 Å². The van der Waals surface area contributed by atoms with Crippen LogP contribution in [0.25, 0.3) is 0 Å². The van der Waals surface area contributed by atoms with E-state index in [0.29, 0.717) is 5.82 Å². The number of aliphatic hydroxyl groups excluding tert-OH is 1. The fourth-order valence-corrected chi connectivity index (χ4v) is 2.67. The summed E-state index contributed by atoms with van der Waals surface area (Å²) in [5.41, 5.74) is 5.71. The summed E-state index contributed by atoms with van der Waals surface area (Å²) in [6.07, 6.45) is 3.50. The SMILES string of the molecule is CC(O)C(NC(=O)NCc1nc(C2(N)CCCCC2)no1)C(=O)O. The summed E-state index contributed by atoms with van der Waals surface area (Å²) in [6, 6.07) is -2.17. The molecule has 6 N–H and O–H groups in total. The van der Waals surface area contributed by atoms with Gasteiger partial charge in [-0.1, -0.05) is 24.4 Å². The number of rotatable bonds is 6. The zero-order valence-corrected chi connectivity index (χ0v) is 13.5. The molecule has 134 valence electrons. The van der Waals surface area contributed by atoms with Crippen LogP contribution in [0.3, 0.4) is 0 Å². The number of carboxylic acid groups (broad SMARTS) is 1. The molecule has 1 saturated carbocycles. The monoisotopic (exact) mass is 341 g/mol. The summed E-state index contributed by atoms with van der Waals surface area (Å²) < 4.78 is 5.08. The molecule has 1 aromatic rings. The second-order valence-electron chi connectivity index (χ2n) is 6.11. The van der Waals surface area contributed by atoms with E-state index in [4.69, 9.17) is 15.4 Å². The highest BCUT2D eigenvalue weighted by atomic mass is 16.5. The molecule has 24 heavy (non-hydrogen) atoms. The number of hydrogen-bond donors (Lipinski definition) is 5. The molecule has 0 radical (unpaired) electrons. The van der Waals surface area contributed by atoms with Gasteiger partial charge in [-0.3, -0.25) is 0 Å². The predicted molar refractivity (Wildman–Crippen MR) is 81.7 cm³/mol. The lowest BCUT2D eigenvalue weighted by Crippen LogP contribution is -2.51. The Labute approximate surface area is 138 Å². The molecule has 0 saturated heterocycles. The molecule has 1 heterocycles. The van der Waals surface area contributed by atoms with Gasteiger partial charge in [0.25, 0.3) is 0 Å². The molecular formula is C14H23N5O5. The number of nitrogens with one attached hydrogen (secondary N) is 2. The number of carbonyl (C=O) groups is 2. The molecule has 0 aromatic carbocycles. The summed E-state index contributed by atoms with van der Waals surface area (Å²) in [5, 5.41) is 26.7. The average molecular weight is 341 g/mol. The van der Waals surface area contributed by atoms with E-state index < -0.39 is 29.7 Å². The van der Waals surface area contributed by atoms with Crippen molar-refractivity contribution in [1.82, 2.24) is 20.8 Å². The highest BCUT2D eigenvalue weighted by Crippen LogP contribution is 2.32. The van der Waals surface area contributed by atoms with E-state index in [1.54, 1.807) is 0 Å². The number of aliphatic carboxylic acids is 1. The van der Waals surface area contributed by atoms with Crippen molar-refractivity contribution in [2.75, 3.05) is 0 Å². The molecule has 1 aliphatic carbocycles. The van der Waals surface area contributed by atoms with Crippen LogP contribution in [0, 0.1) is 0 Å². The summed E-state index contributed by atoms with van der Waals surface area (Å²) in [7, 11) is 0. The van der Waals surface area contributed by atoms with Crippen LogP contribution >= 0.6 is 0 Å². The molecular weight excluding hydrogens is 318 g/mol. The van der Waals surface area contributed by atoms with Crippen LogP contribution < -0.4 is 16.4 Å². The number of carboxylic acids is 1. The Balaban J connectivity index is 1.88. The first-order valence-electron chi connectivity index (χ1n) is 7.89. The van der Waals surface area contributed by atoms with Crippen molar-refractivity contribution in [3.05, 3.63) is 11.7 Å². The van der Waals surface area contributed by atoms with Crippen LogP contribution in [0.2, 0.25) is 0 Å². The number of amides is 2. The Kier molecular flexibility index (Phi) is 5.73. The van der Waals surface area contributed by atoms with Crippen LogP contribution in [0.4, 0.5) is 4.79 Å². The minimum absolute atomic E-state index is 0.0684. The lowest BCUT2D eigenvalue weighted by Gasteiger charge is -2.29. The molecule has 2 amide bonds. The third-order valence-corrected chi connectivity index (χ3v) is 4.09. The van der Waals surface area contributed by atoms with Gasteiger partial charge < -0.3 is 31.1 Å². The largest absolute Gasteiger partial charge is 0.480 e. The predicted octanol–water partition coefficient (Wildman–Crippen LogP) is -0.179. The molecule has 0 aliphatic heterocycles. The lowest BCUT2D eigenvalue weighted by molar-refractivity contribution is -0.141. The minimum atomic E-state index is -1.40. The van der Waals surface area contributed by atoms with Crippen LogP contribution in [0.15, 0.2) is 4.52 Å². The zero-order valence-electron chi connectivity index (χ0n) is 13.5. The molecule has 1 aliphatic rings. The second kappa shape index (κ2) is 7.58. The summed E-state index contributed by atoms with van der Waals surface area (Å²) in [4.78, 5) is 26.8. The van der Waals surface area contributed by atoms with Gasteiger partial charge in [0.2, 0.25) is 5.89 Å². The minimum Gasteiger partial charge on any atom is -0.480 e. The van der Waals surface area contributed by atoms with Crippen molar-refractivity contribution in [2.24, 2.45) is 5.73 Å². The van der Waals surface area contributed by atoms with Crippen molar-refractivity contribution in [2.45, 2.75) is 63.3 Å². The highest BCUT2D eigenvalue weighted by Gasteiger charge is 2.34. The van der Waals surface area contributed by atoms with Gasteiger partial charge in [0.1, 0.15) is 0 Å². The third kappa shape index (κ3) is 4.42. The molecule has 0 spiro atoms. The number of nitrogens with zero attached hydrogens (tertiary/aromatic N) is 2. The first-order valence-corrected chi connectivity index (χ1v) is 7.89. The summed E-state index contributed by atoms with van der Waals surface area (Å²) in [6.45, 7) is 1.20. The molecule has 10 nitrogen and oxygen atoms in total. The van der Waals surface area contributed by atoms with Crippen molar-refractivity contribution in [3.63, 3.8) is 0 Å². The molecule has 10 heteroatoms. The van der Waals surface area contributed by atoms with E-state index in [2.05, 4.69) is 20.8 Å². The molecule has 1 fully saturated rings. The second-order valence-corrected chi connectivity index (χ2v) is 6.11. The van der Waals surface area contributed by atoms with Gasteiger partial charge in [0, 0.05) is 0 Å². The first-order chi connectivity index (χ1) is 11.3. The van der Waals surface area contributed by atoms with E-state index in [0.717, 1.165) is 32.1 Å². The Morgan fingerprint density at radius 1 is 1.38 bits per heavy atom. The van der Waals surface area contributed by atoms with E-state index in [1.807, 2.05) is 0 Å². The standard InChI is InChI=1S/C14H23N5O5/c1-8(20)10(11(21)22)18-13(23)16-7-9-17-12(19-24-9)14(15)5-3-2-4-6-14/h8,10,20H,2-7,15H2,1H3,(H,21,22)(H2,16,18,23). The van der Waals surface area contributed by atoms with Crippen LogP contribution in [0.1, 0.15) is 50.7 Å². The van der Waals surface area contributed by atoms with Crippen molar-refractivity contribution >= 4 is 12.0 Å². The van der Waals surface area contributed by atoms with Gasteiger partial charge >= 0.3 is 12.0 Å². The van der Waals surface area contributed by atoms with Gasteiger partial charge in [-0.2, -0.15) is 4.98 Å². The fourth-order valence-electron chi connectivity index (χ4n) is 2.67. The van der Waals surface area contributed by atoms with Crippen LogP contribution in [-0.4, -0.2) is 44.5 Å². The highest BCUT2D eigenvalue weighted by molar-refractivity contribution is 5.82. The molecule has 2 atom stereocenters. The normalized spacial score (nSPS) is 19.3. The third-order valence-electron chi connectivity index (χ3n) is 4.09. The Hall–Kier alpha value is -2.20. The van der Waals surface area contributed by atoms with Gasteiger partial charge in [0.05, 0.1) is 18.2 Å². The van der Waals surface area contributed by atoms with E-state index >= 15 is 0 Å². The molecule has 2 unspecified atom stereocenters. The lowest BCUT2D eigenvalue weighted by atomic mass is 9.82. The topological polar surface area (TPSA) is 164 Å². The number of carbonyl (C=O) groups excluding carboxylic acids is 1. The van der Waals surface area contributed by atoms with Gasteiger partial charge in [-0.25, -0.2) is 9.59 Å². The first kappa shape index (κ1) is 18.1. The fraction of sp³-hybridized carbons (Fsp3) is 0.714. The van der Waals surface area contributed by atoms with E-state index in [9.17, 15) is 14.7 Å².